The Morgan fingerprint density at radius 2 is 1.95 bits per heavy atom. The number of hydrogen-bond donors (Lipinski definition) is 1. The van der Waals surface area contributed by atoms with Crippen molar-refractivity contribution >= 4 is 17.4 Å². The fraction of sp³-hybridized carbons (Fsp3) is 0.294. The van der Waals surface area contributed by atoms with Gasteiger partial charge in [0.15, 0.2) is 0 Å². The van der Waals surface area contributed by atoms with Crippen molar-refractivity contribution in [3.63, 3.8) is 0 Å². The van der Waals surface area contributed by atoms with Gasteiger partial charge in [0, 0.05) is 22.4 Å². The molecule has 0 aromatic heterocycles. The summed E-state index contributed by atoms with van der Waals surface area (Å²) < 4.78 is 5.39. The smallest absolute Gasteiger partial charge is 0.134 e. The van der Waals surface area contributed by atoms with Crippen LogP contribution in [-0.2, 0) is 18.6 Å². The molecule has 0 spiro atoms. The summed E-state index contributed by atoms with van der Waals surface area (Å²) in [6, 6.07) is 12.7. The first-order valence-electron chi connectivity index (χ1n) is 6.93. The second kappa shape index (κ2) is 5.80. The Balaban J connectivity index is 1.73. The Bertz CT molecular complexity index is 624. The second-order valence-electron chi connectivity index (χ2n) is 5.16. The van der Waals surface area contributed by atoms with E-state index >= 15 is 0 Å². The molecule has 2 nitrogen and oxygen atoms in total. The Labute approximate surface area is 124 Å². The van der Waals surface area contributed by atoms with E-state index in [2.05, 4.69) is 18.2 Å². The van der Waals surface area contributed by atoms with E-state index in [0.717, 1.165) is 22.1 Å². The Kier molecular flexibility index (Phi) is 3.88. The van der Waals surface area contributed by atoms with Gasteiger partial charge in [-0.3, -0.25) is 0 Å². The molecule has 3 rings (SSSR count). The Hall–Kier alpha value is -1.61. The van der Waals surface area contributed by atoms with Crippen molar-refractivity contribution in [1.29, 1.82) is 0 Å². The number of methoxy groups -OCH3 is 1. The molecule has 2 aromatic carbocycles. The van der Waals surface area contributed by atoms with Crippen LogP contribution in [0.5, 0.6) is 5.75 Å². The number of nitrogen functional groups attached to an aromatic ring is 1. The van der Waals surface area contributed by atoms with E-state index in [9.17, 15) is 0 Å². The van der Waals surface area contributed by atoms with Crippen molar-refractivity contribution in [2.45, 2.75) is 29.9 Å². The third-order valence-electron chi connectivity index (χ3n) is 3.74. The lowest BCUT2D eigenvalue weighted by atomic mass is 10.1. The van der Waals surface area contributed by atoms with E-state index in [0.29, 0.717) is 0 Å². The molecular weight excluding hydrogens is 266 g/mol. The minimum Gasteiger partial charge on any atom is -0.496 e. The van der Waals surface area contributed by atoms with Gasteiger partial charge < -0.3 is 10.5 Å². The lowest BCUT2D eigenvalue weighted by Gasteiger charge is -2.09. The van der Waals surface area contributed by atoms with Crippen LogP contribution in [0.1, 0.15) is 23.1 Å². The summed E-state index contributed by atoms with van der Waals surface area (Å²) in [5.41, 5.74) is 11.0. The van der Waals surface area contributed by atoms with Crippen molar-refractivity contribution in [3.8, 4) is 5.75 Å². The lowest BCUT2D eigenvalue weighted by molar-refractivity contribution is 0.405. The number of anilines is 1. The first-order valence-corrected chi connectivity index (χ1v) is 7.92. The van der Waals surface area contributed by atoms with Crippen molar-refractivity contribution < 1.29 is 4.74 Å². The molecule has 0 amide bonds. The van der Waals surface area contributed by atoms with E-state index in [4.69, 9.17) is 10.5 Å². The number of thioether (sulfide) groups is 1. The number of aryl methyl sites for hydroxylation is 2. The number of benzene rings is 2. The standard InChI is InChI=1S/C17H19NOS/c1-19-16-10-15(18)7-8-17(16)20-11-12-5-6-13-3-2-4-14(13)9-12/h5-10H,2-4,11,18H2,1H3. The van der Waals surface area contributed by atoms with Crippen LogP contribution in [-0.4, -0.2) is 7.11 Å². The molecule has 3 heteroatoms. The minimum absolute atomic E-state index is 0.740. The first-order chi connectivity index (χ1) is 9.76. The van der Waals surface area contributed by atoms with Crippen LogP contribution in [0.15, 0.2) is 41.3 Å². The maximum absolute atomic E-state index is 5.78. The predicted molar refractivity (Wildman–Crippen MR) is 85.4 cm³/mol. The van der Waals surface area contributed by atoms with Crippen LogP contribution in [0.2, 0.25) is 0 Å². The fourth-order valence-electron chi connectivity index (χ4n) is 2.68. The molecular formula is C17H19NOS. The minimum atomic E-state index is 0.740. The maximum atomic E-state index is 5.78. The third kappa shape index (κ3) is 2.78. The van der Waals surface area contributed by atoms with Crippen molar-refractivity contribution in [2.75, 3.05) is 12.8 Å². The van der Waals surface area contributed by atoms with E-state index in [1.54, 1.807) is 18.9 Å². The average Bonchev–Trinajstić information content (AvgIpc) is 2.93. The number of ether oxygens (including phenoxy) is 1. The SMILES string of the molecule is COc1cc(N)ccc1SCc1ccc2c(c1)CCC2. The van der Waals surface area contributed by atoms with Gasteiger partial charge in [-0.1, -0.05) is 18.2 Å². The van der Waals surface area contributed by atoms with Gasteiger partial charge >= 0.3 is 0 Å². The van der Waals surface area contributed by atoms with Crippen LogP contribution in [0.25, 0.3) is 0 Å². The molecule has 0 atom stereocenters. The van der Waals surface area contributed by atoms with E-state index < -0.39 is 0 Å². The highest BCUT2D eigenvalue weighted by atomic mass is 32.2. The van der Waals surface area contributed by atoms with Gasteiger partial charge in [0.2, 0.25) is 0 Å². The van der Waals surface area contributed by atoms with E-state index in [-0.39, 0.29) is 0 Å². The van der Waals surface area contributed by atoms with Gasteiger partial charge in [-0.05, 0) is 48.1 Å². The highest BCUT2D eigenvalue weighted by molar-refractivity contribution is 7.98. The van der Waals surface area contributed by atoms with Crippen LogP contribution >= 0.6 is 11.8 Å². The molecule has 0 bridgehead atoms. The van der Waals surface area contributed by atoms with Crippen LogP contribution in [0, 0.1) is 0 Å². The number of rotatable bonds is 4. The van der Waals surface area contributed by atoms with Crippen molar-refractivity contribution in [3.05, 3.63) is 53.1 Å². The lowest BCUT2D eigenvalue weighted by Crippen LogP contribution is -1.91. The Morgan fingerprint density at radius 3 is 2.80 bits per heavy atom. The third-order valence-corrected chi connectivity index (χ3v) is 4.87. The molecule has 104 valence electrons. The molecule has 0 heterocycles. The molecule has 0 saturated carbocycles. The number of hydrogen-bond acceptors (Lipinski definition) is 3. The zero-order chi connectivity index (χ0) is 13.9. The zero-order valence-corrected chi connectivity index (χ0v) is 12.5. The molecule has 1 aliphatic carbocycles. The first kappa shape index (κ1) is 13.4. The average molecular weight is 285 g/mol. The second-order valence-corrected chi connectivity index (χ2v) is 6.17. The summed E-state index contributed by atoms with van der Waals surface area (Å²) in [5.74, 6) is 1.82. The molecule has 0 unspecified atom stereocenters. The topological polar surface area (TPSA) is 35.2 Å². The summed E-state index contributed by atoms with van der Waals surface area (Å²) in [5, 5.41) is 0. The normalized spacial score (nSPS) is 13.2. The molecule has 20 heavy (non-hydrogen) atoms. The molecule has 0 radical (unpaired) electrons. The van der Waals surface area contributed by atoms with Gasteiger partial charge in [0.25, 0.3) is 0 Å². The highest BCUT2D eigenvalue weighted by Crippen LogP contribution is 2.34. The summed E-state index contributed by atoms with van der Waals surface area (Å²) in [6.07, 6.45) is 3.78. The quantitative estimate of drug-likeness (QED) is 0.679. The number of nitrogens with two attached hydrogens (primary N) is 1. The van der Waals surface area contributed by atoms with Crippen LogP contribution in [0.4, 0.5) is 5.69 Å². The van der Waals surface area contributed by atoms with Gasteiger partial charge in [-0.25, -0.2) is 0 Å². The molecule has 2 aromatic rings. The molecule has 0 saturated heterocycles. The summed E-state index contributed by atoms with van der Waals surface area (Å²) in [7, 11) is 1.69. The fourth-order valence-corrected chi connectivity index (χ4v) is 3.63. The van der Waals surface area contributed by atoms with Crippen LogP contribution in [0.3, 0.4) is 0 Å². The molecule has 1 aliphatic rings. The largest absolute Gasteiger partial charge is 0.496 e. The highest BCUT2D eigenvalue weighted by Gasteiger charge is 2.11. The van der Waals surface area contributed by atoms with Gasteiger partial charge in [0.1, 0.15) is 5.75 Å². The monoisotopic (exact) mass is 285 g/mol. The summed E-state index contributed by atoms with van der Waals surface area (Å²) >= 11 is 1.80. The van der Waals surface area contributed by atoms with E-state index in [1.807, 2.05) is 18.2 Å². The summed E-state index contributed by atoms with van der Waals surface area (Å²) in [6.45, 7) is 0. The van der Waals surface area contributed by atoms with Crippen molar-refractivity contribution in [1.82, 2.24) is 0 Å². The maximum Gasteiger partial charge on any atom is 0.134 e. The predicted octanol–water partition coefficient (Wildman–Crippen LogP) is 4.06. The summed E-state index contributed by atoms with van der Waals surface area (Å²) in [4.78, 5) is 1.14. The zero-order valence-electron chi connectivity index (χ0n) is 11.7. The Morgan fingerprint density at radius 1 is 1.10 bits per heavy atom. The van der Waals surface area contributed by atoms with Gasteiger partial charge in [0.05, 0.1) is 7.11 Å². The van der Waals surface area contributed by atoms with Gasteiger partial charge in [-0.2, -0.15) is 0 Å². The van der Waals surface area contributed by atoms with E-state index in [1.165, 1.54) is 36.0 Å². The van der Waals surface area contributed by atoms with Gasteiger partial charge in [-0.15, -0.1) is 11.8 Å². The molecule has 0 aliphatic heterocycles. The van der Waals surface area contributed by atoms with Crippen LogP contribution < -0.4 is 10.5 Å². The number of fused-ring (bicyclic) bond motifs is 1. The molecule has 0 fully saturated rings. The van der Waals surface area contributed by atoms with Crippen molar-refractivity contribution in [2.24, 2.45) is 0 Å². The molecule has 2 N–H and O–H groups in total.